The molecule has 5 nitrogen and oxygen atoms in total. The number of aromatic nitrogens is 1. The van der Waals surface area contributed by atoms with E-state index in [4.69, 9.17) is 11.6 Å². The summed E-state index contributed by atoms with van der Waals surface area (Å²) < 4.78 is 25.7. The second-order valence-corrected chi connectivity index (χ2v) is 6.15. The minimum Gasteiger partial charge on any atom is -0.365 e. The molecule has 1 aromatic heterocycles. The van der Waals surface area contributed by atoms with E-state index in [0.29, 0.717) is 5.69 Å². The zero-order valence-corrected chi connectivity index (χ0v) is 11.6. The van der Waals surface area contributed by atoms with Gasteiger partial charge in [0.15, 0.2) is 4.90 Å². The molecule has 0 aliphatic rings. The van der Waals surface area contributed by atoms with Crippen LogP contribution in [0.25, 0.3) is 0 Å². The molecule has 0 spiro atoms. The van der Waals surface area contributed by atoms with Crippen LogP contribution in [-0.2, 0) is 10.0 Å². The summed E-state index contributed by atoms with van der Waals surface area (Å²) in [6, 6.07) is 8.47. The van der Waals surface area contributed by atoms with Crippen LogP contribution in [-0.4, -0.2) is 20.4 Å². The second-order valence-electron chi connectivity index (χ2n) is 3.80. The molecule has 0 radical (unpaired) electrons. The summed E-state index contributed by atoms with van der Waals surface area (Å²) in [6.07, 6.45) is 2.37. The van der Waals surface area contributed by atoms with Crippen molar-refractivity contribution in [1.82, 2.24) is 4.98 Å². The monoisotopic (exact) mass is 298 g/mol. The molecule has 0 aliphatic carbocycles. The lowest BCUT2D eigenvalue weighted by Crippen LogP contribution is -2.30. The summed E-state index contributed by atoms with van der Waals surface area (Å²) in [6.45, 7) is 0. The summed E-state index contributed by atoms with van der Waals surface area (Å²) in [7, 11) is -2.56. The summed E-state index contributed by atoms with van der Waals surface area (Å²) in [5.41, 5.74) is -0.259. The van der Waals surface area contributed by atoms with E-state index in [1.165, 1.54) is 13.2 Å². The smallest absolute Gasteiger partial charge is 0.269 e. The fraction of sp³-hybridized carbons (Fsp3) is 0.0833. The molecular formula is C12H11ClN2O3S. The van der Waals surface area contributed by atoms with Gasteiger partial charge in [-0.3, -0.25) is 9.10 Å². The van der Waals surface area contributed by atoms with Crippen LogP contribution < -0.4 is 9.73 Å². The van der Waals surface area contributed by atoms with Crippen LogP contribution in [0.15, 0.2) is 52.4 Å². The van der Waals surface area contributed by atoms with Crippen LogP contribution in [0, 0.1) is 0 Å². The van der Waals surface area contributed by atoms with Gasteiger partial charge in [0.25, 0.3) is 10.0 Å². The zero-order chi connectivity index (χ0) is 14.0. The van der Waals surface area contributed by atoms with Crippen molar-refractivity contribution in [1.29, 1.82) is 0 Å². The molecule has 0 aliphatic heterocycles. The highest BCUT2D eigenvalue weighted by Gasteiger charge is 2.25. The quantitative estimate of drug-likeness (QED) is 0.940. The largest absolute Gasteiger partial charge is 0.365 e. The van der Waals surface area contributed by atoms with Gasteiger partial charge in [0.2, 0.25) is 5.43 Å². The molecule has 0 unspecified atom stereocenters. The first-order chi connectivity index (χ1) is 8.94. The fourth-order valence-electron chi connectivity index (χ4n) is 1.56. The predicted octanol–water partition coefficient (Wildman–Crippen LogP) is 1.85. The van der Waals surface area contributed by atoms with Gasteiger partial charge < -0.3 is 4.98 Å². The first kappa shape index (κ1) is 13.6. The Hall–Kier alpha value is -1.79. The predicted molar refractivity (Wildman–Crippen MR) is 74.1 cm³/mol. The number of para-hydroxylation sites is 1. The number of pyridine rings is 1. The van der Waals surface area contributed by atoms with Crippen molar-refractivity contribution in [2.24, 2.45) is 0 Å². The molecule has 7 heteroatoms. The Morgan fingerprint density at radius 3 is 2.42 bits per heavy atom. The number of hydrogen-bond acceptors (Lipinski definition) is 3. The normalized spacial score (nSPS) is 11.3. The lowest BCUT2D eigenvalue weighted by Gasteiger charge is -2.18. The summed E-state index contributed by atoms with van der Waals surface area (Å²) in [5.74, 6) is 0. The molecule has 1 heterocycles. The Kier molecular flexibility index (Phi) is 3.64. The van der Waals surface area contributed by atoms with Crippen molar-refractivity contribution >= 4 is 27.3 Å². The maximum Gasteiger partial charge on any atom is 0.269 e. The van der Waals surface area contributed by atoms with E-state index < -0.39 is 15.5 Å². The van der Waals surface area contributed by atoms with Crippen molar-refractivity contribution in [2.75, 3.05) is 11.4 Å². The highest BCUT2D eigenvalue weighted by molar-refractivity contribution is 7.92. The number of hydrogen-bond donors (Lipinski definition) is 1. The maximum atomic E-state index is 12.4. The van der Waals surface area contributed by atoms with E-state index in [-0.39, 0.29) is 9.92 Å². The van der Waals surface area contributed by atoms with Crippen LogP contribution in [0.3, 0.4) is 0 Å². The topological polar surface area (TPSA) is 70.2 Å². The molecule has 19 heavy (non-hydrogen) atoms. The Morgan fingerprint density at radius 1 is 1.16 bits per heavy atom. The molecule has 0 saturated heterocycles. The van der Waals surface area contributed by atoms with Gasteiger partial charge in [-0.05, 0) is 12.1 Å². The molecule has 100 valence electrons. The minimum atomic E-state index is -3.94. The Labute approximate surface area is 115 Å². The molecule has 1 N–H and O–H groups in total. The number of H-pyrrole nitrogens is 1. The number of nitrogens with one attached hydrogen (secondary N) is 1. The fourth-order valence-corrected chi connectivity index (χ4v) is 3.03. The lowest BCUT2D eigenvalue weighted by molar-refractivity contribution is 0.593. The standard InChI is InChI=1S/C12H11ClN2O3S/c1-15(9-5-3-2-4-6-9)19(17,18)11-8-14-7-10(13)12(11)16/h2-8H,1H3,(H,14,16). The average molecular weight is 299 g/mol. The molecule has 0 fully saturated rings. The van der Waals surface area contributed by atoms with Crippen molar-refractivity contribution < 1.29 is 8.42 Å². The number of benzene rings is 1. The Morgan fingerprint density at radius 2 is 1.79 bits per heavy atom. The molecule has 0 bridgehead atoms. The number of sulfonamides is 1. The van der Waals surface area contributed by atoms with E-state index in [1.807, 2.05) is 0 Å². The molecule has 0 atom stereocenters. The van der Waals surface area contributed by atoms with Gasteiger partial charge in [0.1, 0.15) is 5.02 Å². The third kappa shape index (κ3) is 2.50. The molecule has 0 saturated carbocycles. The summed E-state index contributed by atoms with van der Waals surface area (Å²) >= 11 is 5.64. The average Bonchev–Trinajstić information content (AvgIpc) is 2.41. The van der Waals surface area contributed by atoms with E-state index >= 15 is 0 Å². The molecule has 0 amide bonds. The van der Waals surface area contributed by atoms with Gasteiger partial charge in [0.05, 0.1) is 5.69 Å². The van der Waals surface area contributed by atoms with Crippen LogP contribution in [0.2, 0.25) is 5.02 Å². The van der Waals surface area contributed by atoms with E-state index in [0.717, 1.165) is 10.5 Å². The van der Waals surface area contributed by atoms with Crippen molar-refractivity contribution in [3.05, 3.63) is 58.0 Å². The number of anilines is 1. The highest BCUT2D eigenvalue weighted by atomic mass is 35.5. The van der Waals surface area contributed by atoms with Crippen LogP contribution in [0.4, 0.5) is 5.69 Å². The summed E-state index contributed by atoms with van der Waals surface area (Å²) in [4.78, 5) is 14.0. The minimum absolute atomic E-state index is 0.164. The van der Waals surface area contributed by atoms with Gasteiger partial charge >= 0.3 is 0 Å². The van der Waals surface area contributed by atoms with Crippen molar-refractivity contribution in [3.63, 3.8) is 0 Å². The van der Waals surface area contributed by atoms with Gasteiger partial charge in [0, 0.05) is 19.4 Å². The molecular weight excluding hydrogens is 288 g/mol. The Balaban J connectivity index is 2.55. The zero-order valence-electron chi connectivity index (χ0n) is 10.00. The van der Waals surface area contributed by atoms with E-state index in [1.54, 1.807) is 30.3 Å². The molecule has 2 aromatic rings. The molecule has 1 aromatic carbocycles. The van der Waals surface area contributed by atoms with Crippen LogP contribution in [0.1, 0.15) is 0 Å². The third-order valence-electron chi connectivity index (χ3n) is 2.62. The number of rotatable bonds is 3. The van der Waals surface area contributed by atoms with Crippen LogP contribution >= 0.6 is 11.6 Å². The number of halogens is 1. The van der Waals surface area contributed by atoms with Crippen molar-refractivity contribution in [2.45, 2.75) is 4.90 Å². The third-order valence-corrected chi connectivity index (χ3v) is 4.70. The van der Waals surface area contributed by atoms with Gasteiger partial charge in [-0.1, -0.05) is 29.8 Å². The first-order valence-corrected chi connectivity index (χ1v) is 7.17. The second kappa shape index (κ2) is 5.07. The van der Waals surface area contributed by atoms with Gasteiger partial charge in [-0.15, -0.1) is 0 Å². The van der Waals surface area contributed by atoms with E-state index in [9.17, 15) is 13.2 Å². The maximum absolute atomic E-state index is 12.4. The van der Waals surface area contributed by atoms with Gasteiger partial charge in [-0.25, -0.2) is 8.42 Å². The Bertz CT molecular complexity index is 741. The lowest BCUT2D eigenvalue weighted by atomic mass is 10.3. The summed E-state index contributed by atoms with van der Waals surface area (Å²) in [5, 5.41) is -0.164. The number of aromatic amines is 1. The van der Waals surface area contributed by atoms with Crippen molar-refractivity contribution in [3.8, 4) is 0 Å². The highest BCUT2D eigenvalue weighted by Crippen LogP contribution is 2.19. The SMILES string of the molecule is CN(c1ccccc1)S(=O)(=O)c1c[nH]cc(Cl)c1=O. The molecule has 2 rings (SSSR count). The number of nitrogens with zero attached hydrogens (tertiary/aromatic N) is 1. The van der Waals surface area contributed by atoms with E-state index in [2.05, 4.69) is 4.98 Å². The van der Waals surface area contributed by atoms with Crippen LogP contribution in [0.5, 0.6) is 0 Å². The first-order valence-electron chi connectivity index (χ1n) is 5.35. The van der Waals surface area contributed by atoms with Gasteiger partial charge in [-0.2, -0.15) is 0 Å².